The van der Waals surface area contributed by atoms with Gasteiger partial charge in [-0.3, -0.25) is 0 Å². The minimum atomic E-state index is 0.0809. The van der Waals surface area contributed by atoms with Gasteiger partial charge in [-0.15, -0.1) is 0 Å². The highest BCUT2D eigenvalue weighted by Gasteiger charge is 2.31. The van der Waals surface area contributed by atoms with Crippen molar-refractivity contribution in [2.45, 2.75) is 33.7 Å². The minimum absolute atomic E-state index is 0.0809. The molecule has 1 rings (SSSR count). The third-order valence-corrected chi connectivity index (χ3v) is 2.61. The Bertz CT molecular complexity index is 183. The Kier molecular flexibility index (Phi) is 2.31. The molecule has 0 aromatic rings. The molecule has 3 nitrogen and oxygen atoms in total. The lowest BCUT2D eigenvalue weighted by Gasteiger charge is -2.34. The quantitative estimate of drug-likeness (QED) is 0.634. The fourth-order valence-corrected chi connectivity index (χ4v) is 1.32. The van der Waals surface area contributed by atoms with E-state index >= 15 is 0 Å². The van der Waals surface area contributed by atoms with E-state index in [0.29, 0.717) is 6.04 Å². The summed E-state index contributed by atoms with van der Waals surface area (Å²) in [5.74, 6) is 0. The van der Waals surface area contributed by atoms with Crippen LogP contribution in [-0.4, -0.2) is 30.1 Å². The molecule has 1 saturated heterocycles. The lowest BCUT2D eigenvalue weighted by atomic mass is 9.87. The first-order valence-corrected chi connectivity index (χ1v) is 4.47. The van der Waals surface area contributed by atoms with Gasteiger partial charge in [0.05, 0.1) is 0 Å². The molecule has 0 radical (unpaired) electrons. The molecule has 0 bridgehead atoms. The number of urea groups is 1. The number of nitrogens with zero attached hydrogens (tertiary/aromatic N) is 1. The van der Waals surface area contributed by atoms with Crippen LogP contribution in [0.5, 0.6) is 0 Å². The van der Waals surface area contributed by atoms with E-state index in [0.717, 1.165) is 13.1 Å². The van der Waals surface area contributed by atoms with Gasteiger partial charge in [0.15, 0.2) is 0 Å². The van der Waals surface area contributed by atoms with Gasteiger partial charge in [0.2, 0.25) is 0 Å². The molecule has 1 aliphatic heterocycles. The van der Waals surface area contributed by atoms with Crippen molar-refractivity contribution in [3.8, 4) is 0 Å². The molecule has 1 N–H and O–H groups in total. The topological polar surface area (TPSA) is 32.3 Å². The Morgan fingerprint density at radius 1 is 1.50 bits per heavy atom. The largest absolute Gasteiger partial charge is 0.336 e. The summed E-state index contributed by atoms with van der Waals surface area (Å²) in [6, 6.07) is 0.387. The first-order chi connectivity index (χ1) is 5.43. The highest BCUT2D eigenvalue weighted by atomic mass is 16.2. The molecule has 3 heteroatoms. The Balaban J connectivity index is 2.63. The van der Waals surface area contributed by atoms with Crippen molar-refractivity contribution in [2.24, 2.45) is 5.41 Å². The predicted octanol–water partition coefficient (Wildman–Crippen LogP) is 1.45. The molecule has 1 unspecified atom stereocenters. The average molecular weight is 170 g/mol. The van der Waals surface area contributed by atoms with E-state index in [-0.39, 0.29) is 11.4 Å². The fourth-order valence-electron chi connectivity index (χ4n) is 1.32. The second kappa shape index (κ2) is 2.96. The van der Waals surface area contributed by atoms with Crippen LogP contribution >= 0.6 is 0 Å². The molecule has 0 spiro atoms. The minimum Gasteiger partial charge on any atom is -0.336 e. The maximum absolute atomic E-state index is 11.3. The van der Waals surface area contributed by atoms with Crippen molar-refractivity contribution in [2.75, 3.05) is 13.1 Å². The van der Waals surface area contributed by atoms with Crippen LogP contribution in [-0.2, 0) is 0 Å². The maximum atomic E-state index is 11.3. The SMILES string of the molecule is CC(N1CCNC1=O)C(C)(C)C. The summed E-state index contributed by atoms with van der Waals surface area (Å²) in [5.41, 5.74) is 0.168. The van der Waals surface area contributed by atoms with Crippen molar-refractivity contribution in [1.82, 2.24) is 10.2 Å². The van der Waals surface area contributed by atoms with Gasteiger partial charge in [0, 0.05) is 19.1 Å². The molecule has 1 atom stereocenters. The summed E-state index contributed by atoms with van der Waals surface area (Å²) in [5, 5.41) is 2.81. The number of carbonyl (C=O) groups is 1. The standard InChI is InChI=1S/C9H18N2O/c1-7(9(2,3)4)11-6-5-10-8(11)12/h7H,5-6H2,1-4H3,(H,10,12). The van der Waals surface area contributed by atoms with Gasteiger partial charge in [0.25, 0.3) is 0 Å². The maximum Gasteiger partial charge on any atom is 0.317 e. The van der Waals surface area contributed by atoms with Gasteiger partial charge in [-0.05, 0) is 12.3 Å². The van der Waals surface area contributed by atoms with Crippen molar-refractivity contribution >= 4 is 6.03 Å². The van der Waals surface area contributed by atoms with E-state index in [1.807, 2.05) is 4.90 Å². The van der Waals surface area contributed by atoms with Crippen molar-refractivity contribution in [3.05, 3.63) is 0 Å². The van der Waals surface area contributed by atoms with E-state index in [1.54, 1.807) is 0 Å². The van der Waals surface area contributed by atoms with Crippen LogP contribution < -0.4 is 5.32 Å². The van der Waals surface area contributed by atoms with E-state index < -0.39 is 0 Å². The van der Waals surface area contributed by atoms with Crippen LogP contribution in [0, 0.1) is 5.41 Å². The molecule has 0 aromatic carbocycles. The van der Waals surface area contributed by atoms with Gasteiger partial charge < -0.3 is 10.2 Å². The second-order valence-electron chi connectivity index (χ2n) is 4.47. The molecule has 1 heterocycles. The monoisotopic (exact) mass is 170 g/mol. The van der Waals surface area contributed by atoms with Gasteiger partial charge >= 0.3 is 6.03 Å². The van der Waals surface area contributed by atoms with E-state index in [4.69, 9.17) is 0 Å². The molecule has 2 amide bonds. The number of rotatable bonds is 1. The third kappa shape index (κ3) is 1.71. The molecular formula is C9H18N2O. The van der Waals surface area contributed by atoms with E-state index in [9.17, 15) is 4.79 Å². The molecular weight excluding hydrogens is 152 g/mol. The number of hydrogen-bond acceptors (Lipinski definition) is 1. The first-order valence-electron chi connectivity index (χ1n) is 4.47. The summed E-state index contributed by atoms with van der Waals surface area (Å²) in [7, 11) is 0. The molecule has 0 aliphatic carbocycles. The zero-order valence-electron chi connectivity index (χ0n) is 8.35. The normalized spacial score (nSPS) is 21.0. The number of nitrogens with one attached hydrogen (secondary N) is 1. The van der Waals surface area contributed by atoms with Gasteiger partial charge in [0.1, 0.15) is 0 Å². The lowest BCUT2D eigenvalue weighted by molar-refractivity contribution is 0.148. The zero-order valence-corrected chi connectivity index (χ0v) is 8.35. The Morgan fingerprint density at radius 3 is 2.42 bits per heavy atom. The fraction of sp³-hybridized carbons (Fsp3) is 0.889. The second-order valence-corrected chi connectivity index (χ2v) is 4.47. The highest BCUT2D eigenvalue weighted by Crippen LogP contribution is 2.24. The predicted molar refractivity (Wildman–Crippen MR) is 49.0 cm³/mol. The summed E-state index contributed by atoms with van der Waals surface area (Å²) < 4.78 is 0. The van der Waals surface area contributed by atoms with Gasteiger partial charge in [-0.25, -0.2) is 4.79 Å². The van der Waals surface area contributed by atoms with Crippen molar-refractivity contribution < 1.29 is 4.79 Å². The molecule has 12 heavy (non-hydrogen) atoms. The van der Waals surface area contributed by atoms with E-state index in [1.165, 1.54) is 0 Å². The smallest absolute Gasteiger partial charge is 0.317 e. The van der Waals surface area contributed by atoms with Crippen LogP contribution in [0.15, 0.2) is 0 Å². The molecule has 70 valence electrons. The molecule has 1 fully saturated rings. The molecule has 0 aromatic heterocycles. The first kappa shape index (κ1) is 9.36. The van der Waals surface area contributed by atoms with Crippen LogP contribution in [0.1, 0.15) is 27.7 Å². The van der Waals surface area contributed by atoms with Crippen LogP contribution in [0.3, 0.4) is 0 Å². The summed E-state index contributed by atoms with van der Waals surface area (Å²) in [6.45, 7) is 10.2. The van der Waals surface area contributed by atoms with Crippen molar-refractivity contribution in [3.63, 3.8) is 0 Å². The zero-order chi connectivity index (χ0) is 9.35. The number of carbonyl (C=O) groups excluding carboxylic acids is 1. The Labute approximate surface area is 74.1 Å². The molecule has 1 aliphatic rings. The van der Waals surface area contributed by atoms with Gasteiger partial charge in [-0.1, -0.05) is 20.8 Å². The van der Waals surface area contributed by atoms with Crippen molar-refractivity contribution in [1.29, 1.82) is 0 Å². The van der Waals surface area contributed by atoms with E-state index in [2.05, 4.69) is 33.0 Å². The van der Waals surface area contributed by atoms with Crippen LogP contribution in [0.25, 0.3) is 0 Å². The van der Waals surface area contributed by atoms with Crippen LogP contribution in [0.4, 0.5) is 4.79 Å². The van der Waals surface area contributed by atoms with Crippen LogP contribution in [0.2, 0.25) is 0 Å². The van der Waals surface area contributed by atoms with Gasteiger partial charge in [-0.2, -0.15) is 0 Å². The summed E-state index contributed by atoms with van der Waals surface area (Å²) >= 11 is 0. The summed E-state index contributed by atoms with van der Waals surface area (Å²) in [4.78, 5) is 13.2. The average Bonchev–Trinajstić information content (AvgIpc) is 2.31. The highest BCUT2D eigenvalue weighted by molar-refractivity contribution is 5.76. The Hall–Kier alpha value is -0.730. The third-order valence-electron chi connectivity index (χ3n) is 2.61. The molecule has 0 saturated carbocycles. The number of amides is 2. The Morgan fingerprint density at radius 2 is 2.08 bits per heavy atom. The number of hydrogen-bond donors (Lipinski definition) is 1. The lowest BCUT2D eigenvalue weighted by Crippen LogP contribution is -2.43. The summed E-state index contributed by atoms with van der Waals surface area (Å²) in [6.07, 6.45) is 0.